The molecule has 20 heavy (non-hydrogen) atoms. The molecule has 0 aromatic carbocycles. The predicted molar refractivity (Wildman–Crippen MR) is 88.9 cm³/mol. The predicted octanol–water partition coefficient (Wildman–Crippen LogP) is 4.11. The molecule has 108 valence electrons. The molecule has 0 saturated carbocycles. The van der Waals surface area contributed by atoms with E-state index in [1.54, 1.807) is 23.1 Å². The Bertz CT molecular complexity index is 518. The summed E-state index contributed by atoms with van der Waals surface area (Å²) in [5.41, 5.74) is 0. The number of anilines is 2. The number of nitrogens with one attached hydrogen (secondary N) is 2. The van der Waals surface area contributed by atoms with Crippen LogP contribution in [0.25, 0.3) is 0 Å². The molecule has 0 aliphatic rings. The quantitative estimate of drug-likeness (QED) is 0.621. The minimum Gasteiger partial charge on any atom is -0.373 e. The number of aromatic nitrogens is 2. The molecule has 2 aromatic heterocycles. The Morgan fingerprint density at radius 1 is 1.25 bits per heavy atom. The maximum Gasteiger partial charge on any atom is 0.191 e. The van der Waals surface area contributed by atoms with E-state index in [4.69, 9.17) is 0 Å². The van der Waals surface area contributed by atoms with Crippen LogP contribution in [0, 0.1) is 5.92 Å². The lowest BCUT2D eigenvalue weighted by molar-refractivity contribution is 0.551. The van der Waals surface area contributed by atoms with E-state index in [2.05, 4.69) is 52.0 Å². The molecule has 1 unspecified atom stereocenters. The van der Waals surface area contributed by atoms with Crippen LogP contribution in [0.4, 0.5) is 11.6 Å². The molecule has 0 aliphatic heterocycles. The second kappa shape index (κ2) is 6.95. The summed E-state index contributed by atoms with van der Waals surface area (Å²) in [6.07, 6.45) is 1.98. The highest BCUT2D eigenvalue weighted by Gasteiger charge is 2.17. The monoisotopic (exact) mass is 308 g/mol. The molecule has 2 heterocycles. The molecule has 6 heteroatoms. The van der Waals surface area contributed by atoms with Crippen LogP contribution in [0.3, 0.4) is 0 Å². The van der Waals surface area contributed by atoms with Gasteiger partial charge in [-0.05, 0) is 23.6 Å². The molecule has 0 bridgehead atoms. The first kappa shape index (κ1) is 15.1. The molecule has 2 rings (SSSR count). The van der Waals surface area contributed by atoms with Crippen LogP contribution in [0.15, 0.2) is 28.7 Å². The summed E-state index contributed by atoms with van der Waals surface area (Å²) >= 11 is 3.32. The summed E-state index contributed by atoms with van der Waals surface area (Å²) < 4.78 is 0. The second-order valence-electron chi connectivity index (χ2n) is 4.76. The summed E-state index contributed by atoms with van der Waals surface area (Å²) in [7, 11) is 1.87. The average Bonchev–Trinajstić information content (AvgIpc) is 2.97. The van der Waals surface area contributed by atoms with Crippen LogP contribution in [0.2, 0.25) is 0 Å². The lowest BCUT2D eigenvalue weighted by Gasteiger charge is -2.22. The Morgan fingerprint density at radius 3 is 2.55 bits per heavy atom. The van der Waals surface area contributed by atoms with Crippen molar-refractivity contribution in [2.45, 2.75) is 25.0 Å². The molecule has 0 amide bonds. The SMILES string of the molecule is CNc1cc(NC(c2cccs2)C(C)C)nc(SC)n1. The molecule has 2 N–H and O–H groups in total. The van der Waals surface area contributed by atoms with Crippen LogP contribution >= 0.6 is 23.1 Å². The first-order valence-electron chi connectivity index (χ1n) is 6.54. The molecule has 2 aromatic rings. The highest BCUT2D eigenvalue weighted by atomic mass is 32.2. The summed E-state index contributed by atoms with van der Waals surface area (Å²) in [5, 5.41) is 9.49. The summed E-state index contributed by atoms with van der Waals surface area (Å²) in [4.78, 5) is 10.3. The summed E-state index contributed by atoms with van der Waals surface area (Å²) in [6.45, 7) is 4.43. The van der Waals surface area contributed by atoms with Crippen molar-refractivity contribution in [1.29, 1.82) is 0 Å². The van der Waals surface area contributed by atoms with Crippen molar-refractivity contribution in [3.05, 3.63) is 28.5 Å². The van der Waals surface area contributed by atoms with Gasteiger partial charge in [0.15, 0.2) is 5.16 Å². The maximum atomic E-state index is 4.54. The first-order chi connectivity index (χ1) is 9.63. The van der Waals surface area contributed by atoms with Crippen LogP contribution in [0.1, 0.15) is 24.8 Å². The van der Waals surface area contributed by atoms with E-state index in [-0.39, 0.29) is 6.04 Å². The number of thiophene rings is 1. The molecule has 0 saturated heterocycles. The summed E-state index contributed by atoms with van der Waals surface area (Å²) in [5.74, 6) is 2.18. The van der Waals surface area contributed by atoms with Gasteiger partial charge in [0, 0.05) is 18.0 Å². The molecule has 4 nitrogen and oxygen atoms in total. The number of thioether (sulfide) groups is 1. The maximum absolute atomic E-state index is 4.54. The highest BCUT2D eigenvalue weighted by molar-refractivity contribution is 7.98. The Balaban J connectivity index is 2.26. The van der Waals surface area contributed by atoms with Crippen LogP contribution < -0.4 is 10.6 Å². The van der Waals surface area contributed by atoms with E-state index in [1.165, 1.54) is 4.88 Å². The van der Waals surface area contributed by atoms with Gasteiger partial charge >= 0.3 is 0 Å². The lowest BCUT2D eigenvalue weighted by atomic mass is 10.0. The van der Waals surface area contributed by atoms with Gasteiger partial charge in [-0.1, -0.05) is 31.7 Å². The third kappa shape index (κ3) is 3.64. The zero-order valence-corrected chi connectivity index (χ0v) is 13.8. The van der Waals surface area contributed by atoms with Crippen molar-refractivity contribution in [2.75, 3.05) is 23.9 Å². The van der Waals surface area contributed by atoms with Crippen molar-refractivity contribution < 1.29 is 0 Å². The molecule has 0 spiro atoms. The Hall–Kier alpha value is -1.27. The van der Waals surface area contributed by atoms with Gasteiger partial charge in [-0.2, -0.15) is 0 Å². The number of nitrogens with zero attached hydrogens (tertiary/aromatic N) is 2. The Kier molecular flexibility index (Phi) is 5.25. The zero-order chi connectivity index (χ0) is 14.5. The fourth-order valence-corrected chi connectivity index (χ4v) is 3.24. The van der Waals surface area contributed by atoms with Crippen molar-refractivity contribution in [3.63, 3.8) is 0 Å². The summed E-state index contributed by atoms with van der Waals surface area (Å²) in [6, 6.07) is 6.47. The van der Waals surface area contributed by atoms with Crippen molar-refractivity contribution >= 4 is 34.7 Å². The van der Waals surface area contributed by atoms with E-state index in [0.29, 0.717) is 5.92 Å². The Morgan fingerprint density at radius 2 is 2.00 bits per heavy atom. The minimum atomic E-state index is 0.268. The van der Waals surface area contributed by atoms with Crippen molar-refractivity contribution in [2.24, 2.45) is 5.92 Å². The number of hydrogen-bond acceptors (Lipinski definition) is 6. The third-order valence-electron chi connectivity index (χ3n) is 2.96. The van der Waals surface area contributed by atoms with Crippen LogP contribution in [0.5, 0.6) is 0 Å². The van der Waals surface area contributed by atoms with Gasteiger partial charge in [0.2, 0.25) is 0 Å². The smallest absolute Gasteiger partial charge is 0.191 e. The standard InChI is InChI=1S/C14H20N4S2/c1-9(2)13(10-6-5-7-20-10)16-12-8-11(15-3)17-14(18-12)19-4/h5-9,13H,1-4H3,(H2,15,16,17,18). The molecular formula is C14H20N4S2. The largest absolute Gasteiger partial charge is 0.373 e. The van der Waals surface area contributed by atoms with E-state index in [1.807, 2.05) is 19.4 Å². The van der Waals surface area contributed by atoms with Gasteiger partial charge in [-0.25, -0.2) is 9.97 Å². The highest BCUT2D eigenvalue weighted by Crippen LogP contribution is 2.30. The molecular weight excluding hydrogens is 288 g/mol. The van der Waals surface area contributed by atoms with Gasteiger partial charge in [-0.3, -0.25) is 0 Å². The molecule has 0 radical (unpaired) electrons. The van der Waals surface area contributed by atoms with Gasteiger partial charge in [0.05, 0.1) is 6.04 Å². The number of hydrogen-bond donors (Lipinski definition) is 2. The van der Waals surface area contributed by atoms with Crippen LogP contribution in [-0.4, -0.2) is 23.3 Å². The molecule has 1 atom stereocenters. The van der Waals surface area contributed by atoms with Gasteiger partial charge in [-0.15, -0.1) is 11.3 Å². The van der Waals surface area contributed by atoms with E-state index in [9.17, 15) is 0 Å². The average molecular weight is 308 g/mol. The van der Waals surface area contributed by atoms with E-state index in [0.717, 1.165) is 16.8 Å². The third-order valence-corrected chi connectivity index (χ3v) is 4.47. The lowest BCUT2D eigenvalue weighted by Crippen LogP contribution is -2.17. The van der Waals surface area contributed by atoms with Gasteiger partial charge in [0.25, 0.3) is 0 Å². The van der Waals surface area contributed by atoms with Gasteiger partial charge in [0.1, 0.15) is 11.6 Å². The normalized spacial score (nSPS) is 12.4. The topological polar surface area (TPSA) is 49.8 Å². The molecule has 0 aliphatic carbocycles. The Labute approximate surface area is 128 Å². The first-order valence-corrected chi connectivity index (χ1v) is 8.65. The van der Waals surface area contributed by atoms with Gasteiger partial charge < -0.3 is 10.6 Å². The fourth-order valence-electron chi connectivity index (χ4n) is 1.91. The molecule has 0 fully saturated rings. The fraction of sp³-hybridized carbons (Fsp3) is 0.429. The number of rotatable bonds is 6. The van der Waals surface area contributed by atoms with Crippen LogP contribution in [-0.2, 0) is 0 Å². The van der Waals surface area contributed by atoms with Crippen molar-refractivity contribution in [1.82, 2.24) is 9.97 Å². The van der Waals surface area contributed by atoms with E-state index >= 15 is 0 Å². The van der Waals surface area contributed by atoms with Crippen molar-refractivity contribution in [3.8, 4) is 0 Å². The minimum absolute atomic E-state index is 0.268. The van der Waals surface area contributed by atoms with E-state index < -0.39 is 0 Å². The zero-order valence-electron chi connectivity index (χ0n) is 12.2. The second-order valence-corrected chi connectivity index (χ2v) is 6.51.